The zero-order chi connectivity index (χ0) is 9.97. The van der Waals surface area contributed by atoms with Crippen LogP contribution >= 0.6 is 11.8 Å². The first kappa shape index (κ1) is 9.71. The Morgan fingerprint density at radius 3 is 2.07 bits per heavy atom. The maximum absolute atomic E-state index is 5.23. The third-order valence-electron chi connectivity index (χ3n) is 2.44. The van der Waals surface area contributed by atoms with Crippen LogP contribution in [0.15, 0.2) is 18.2 Å². The summed E-state index contributed by atoms with van der Waals surface area (Å²) in [6.45, 7) is 0. The van der Waals surface area contributed by atoms with Gasteiger partial charge in [0.2, 0.25) is 0 Å². The molecule has 1 atom stereocenters. The van der Waals surface area contributed by atoms with Crippen LogP contribution in [0.5, 0.6) is 11.5 Å². The number of benzene rings is 1. The van der Waals surface area contributed by atoms with Crippen LogP contribution in [-0.4, -0.2) is 20.0 Å². The molecule has 1 aliphatic rings. The molecule has 0 amide bonds. The molecule has 0 aromatic heterocycles. The molecule has 1 aromatic carbocycles. The van der Waals surface area contributed by atoms with Crippen molar-refractivity contribution in [2.75, 3.05) is 20.0 Å². The summed E-state index contributed by atoms with van der Waals surface area (Å²) in [5, 5.41) is 0.638. The fourth-order valence-corrected chi connectivity index (χ4v) is 2.31. The van der Waals surface area contributed by atoms with E-state index >= 15 is 0 Å². The summed E-state index contributed by atoms with van der Waals surface area (Å²) < 4.78 is 10.5. The first-order valence-corrected chi connectivity index (χ1v) is 5.73. The van der Waals surface area contributed by atoms with Gasteiger partial charge >= 0.3 is 0 Å². The van der Waals surface area contributed by atoms with E-state index in [1.807, 2.05) is 17.8 Å². The summed E-state index contributed by atoms with van der Waals surface area (Å²) in [4.78, 5) is 0. The third-order valence-corrected chi connectivity index (χ3v) is 3.83. The van der Waals surface area contributed by atoms with E-state index in [1.54, 1.807) is 14.2 Å². The molecule has 14 heavy (non-hydrogen) atoms. The number of ether oxygens (including phenoxy) is 2. The molecular formula is C11H14O2S. The second-order valence-electron chi connectivity index (χ2n) is 3.29. The van der Waals surface area contributed by atoms with Crippen LogP contribution in [0.3, 0.4) is 0 Å². The lowest BCUT2D eigenvalue weighted by Crippen LogP contribution is -2.07. The molecule has 1 saturated heterocycles. The molecule has 1 heterocycles. The molecule has 0 bridgehead atoms. The summed E-state index contributed by atoms with van der Waals surface area (Å²) in [6.07, 6.45) is 1.26. The second-order valence-corrected chi connectivity index (χ2v) is 4.60. The van der Waals surface area contributed by atoms with Crippen molar-refractivity contribution in [2.24, 2.45) is 0 Å². The van der Waals surface area contributed by atoms with Crippen molar-refractivity contribution >= 4 is 11.8 Å². The molecule has 1 aliphatic heterocycles. The Hall–Kier alpha value is -0.830. The van der Waals surface area contributed by atoms with E-state index in [1.165, 1.54) is 17.7 Å². The lowest BCUT2D eigenvalue weighted by molar-refractivity contribution is 0.393. The SMILES string of the molecule is COc1cc(OC)cc(C2CCS2)c1. The highest BCUT2D eigenvalue weighted by atomic mass is 32.2. The predicted octanol–water partition coefficient (Wildman–Crippen LogP) is 2.88. The van der Waals surface area contributed by atoms with Gasteiger partial charge in [0.15, 0.2) is 0 Å². The molecule has 76 valence electrons. The lowest BCUT2D eigenvalue weighted by atomic mass is 10.1. The topological polar surface area (TPSA) is 18.5 Å². The molecule has 0 saturated carbocycles. The molecule has 1 unspecified atom stereocenters. The van der Waals surface area contributed by atoms with E-state index in [4.69, 9.17) is 9.47 Å². The smallest absolute Gasteiger partial charge is 0.122 e. The minimum atomic E-state index is 0.638. The van der Waals surface area contributed by atoms with Crippen LogP contribution in [-0.2, 0) is 0 Å². The summed E-state index contributed by atoms with van der Waals surface area (Å²) >= 11 is 1.99. The highest BCUT2D eigenvalue weighted by Crippen LogP contribution is 2.44. The highest BCUT2D eigenvalue weighted by Gasteiger charge is 2.21. The number of hydrogen-bond donors (Lipinski definition) is 0. The molecule has 0 aliphatic carbocycles. The summed E-state index contributed by atoms with van der Waals surface area (Å²) in [5.41, 5.74) is 1.32. The van der Waals surface area contributed by atoms with E-state index in [0.29, 0.717) is 5.25 Å². The van der Waals surface area contributed by atoms with Crippen LogP contribution in [0.25, 0.3) is 0 Å². The van der Waals surface area contributed by atoms with Crippen molar-refractivity contribution in [3.05, 3.63) is 23.8 Å². The van der Waals surface area contributed by atoms with Gasteiger partial charge in [0.25, 0.3) is 0 Å². The first-order valence-electron chi connectivity index (χ1n) is 4.68. The molecule has 1 fully saturated rings. The van der Waals surface area contributed by atoms with E-state index in [-0.39, 0.29) is 0 Å². The molecule has 0 N–H and O–H groups in total. The van der Waals surface area contributed by atoms with Gasteiger partial charge in [-0.15, -0.1) is 0 Å². The van der Waals surface area contributed by atoms with Gasteiger partial charge in [-0.3, -0.25) is 0 Å². The Morgan fingerprint density at radius 2 is 1.71 bits per heavy atom. The van der Waals surface area contributed by atoms with Crippen LogP contribution < -0.4 is 9.47 Å². The normalized spacial score (nSPS) is 20.0. The fourth-order valence-electron chi connectivity index (χ4n) is 1.51. The monoisotopic (exact) mass is 210 g/mol. The van der Waals surface area contributed by atoms with Gasteiger partial charge in [0, 0.05) is 11.3 Å². The van der Waals surface area contributed by atoms with Crippen molar-refractivity contribution in [3.63, 3.8) is 0 Å². The Balaban J connectivity index is 2.28. The van der Waals surface area contributed by atoms with Crippen molar-refractivity contribution in [1.82, 2.24) is 0 Å². The van der Waals surface area contributed by atoms with Crippen LogP contribution in [0.2, 0.25) is 0 Å². The van der Waals surface area contributed by atoms with Gasteiger partial charge in [-0.2, -0.15) is 11.8 Å². The Bertz CT molecular complexity index is 299. The minimum Gasteiger partial charge on any atom is -0.497 e. The fraction of sp³-hybridized carbons (Fsp3) is 0.455. The second kappa shape index (κ2) is 4.13. The average molecular weight is 210 g/mol. The van der Waals surface area contributed by atoms with Crippen molar-refractivity contribution in [1.29, 1.82) is 0 Å². The zero-order valence-corrected chi connectivity index (χ0v) is 9.26. The van der Waals surface area contributed by atoms with Gasteiger partial charge in [0.05, 0.1) is 14.2 Å². The highest BCUT2D eigenvalue weighted by molar-refractivity contribution is 8.00. The van der Waals surface area contributed by atoms with Gasteiger partial charge in [-0.25, -0.2) is 0 Å². The molecule has 2 rings (SSSR count). The molecule has 3 heteroatoms. The average Bonchev–Trinajstić information content (AvgIpc) is 2.14. The Kier molecular flexibility index (Phi) is 2.87. The van der Waals surface area contributed by atoms with Crippen LogP contribution in [0.4, 0.5) is 0 Å². The van der Waals surface area contributed by atoms with E-state index in [2.05, 4.69) is 12.1 Å². The zero-order valence-electron chi connectivity index (χ0n) is 8.45. The number of methoxy groups -OCH3 is 2. The first-order chi connectivity index (χ1) is 6.83. The van der Waals surface area contributed by atoms with E-state index < -0.39 is 0 Å². The van der Waals surface area contributed by atoms with Crippen molar-refractivity contribution < 1.29 is 9.47 Å². The predicted molar refractivity (Wildman–Crippen MR) is 59.4 cm³/mol. The molecule has 1 aromatic rings. The van der Waals surface area contributed by atoms with Crippen LogP contribution in [0.1, 0.15) is 17.2 Å². The van der Waals surface area contributed by atoms with E-state index in [0.717, 1.165) is 11.5 Å². The molecular weight excluding hydrogens is 196 g/mol. The summed E-state index contributed by atoms with van der Waals surface area (Å²) in [6, 6.07) is 6.10. The van der Waals surface area contributed by atoms with Gasteiger partial charge < -0.3 is 9.47 Å². The number of thioether (sulfide) groups is 1. The maximum Gasteiger partial charge on any atom is 0.122 e. The summed E-state index contributed by atoms with van der Waals surface area (Å²) in [5.74, 6) is 3.03. The van der Waals surface area contributed by atoms with E-state index in [9.17, 15) is 0 Å². The Labute approximate surface area is 88.6 Å². The lowest BCUT2D eigenvalue weighted by Gasteiger charge is -2.25. The van der Waals surface area contributed by atoms with Crippen LogP contribution in [0, 0.1) is 0 Å². The standard InChI is InChI=1S/C11H14O2S/c1-12-9-5-8(11-3-4-14-11)6-10(7-9)13-2/h5-7,11H,3-4H2,1-2H3. The largest absolute Gasteiger partial charge is 0.497 e. The molecule has 0 radical (unpaired) electrons. The minimum absolute atomic E-state index is 0.638. The van der Waals surface area contributed by atoms with Gasteiger partial charge in [-0.05, 0) is 29.9 Å². The van der Waals surface area contributed by atoms with Gasteiger partial charge in [0.1, 0.15) is 11.5 Å². The van der Waals surface area contributed by atoms with Crippen molar-refractivity contribution in [2.45, 2.75) is 11.7 Å². The summed E-state index contributed by atoms with van der Waals surface area (Å²) in [7, 11) is 3.37. The van der Waals surface area contributed by atoms with Crippen molar-refractivity contribution in [3.8, 4) is 11.5 Å². The number of rotatable bonds is 3. The quantitative estimate of drug-likeness (QED) is 0.764. The maximum atomic E-state index is 5.23. The van der Waals surface area contributed by atoms with Gasteiger partial charge in [-0.1, -0.05) is 0 Å². The molecule has 2 nitrogen and oxygen atoms in total. The third kappa shape index (κ3) is 1.82. The molecule has 0 spiro atoms. The Morgan fingerprint density at radius 1 is 1.14 bits per heavy atom. The number of hydrogen-bond acceptors (Lipinski definition) is 3.